The van der Waals surface area contributed by atoms with E-state index < -0.39 is 12.0 Å². The molecule has 106 valence electrons. The Kier molecular flexibility index (Phi) is 3.79. The lowest BCUT2D eigenvalue weighted by Crippen LogP contribution is -2.44. The van der Waals surface area contributed by atoms with Gasteiger partial charge in [0.25, 0.3) is 5.91 Å². The zero-order chi connectivity index (χ0) is 14.9. The number of benzene rings is 1. The van der Waals surface area contributed by atoms with Gasteiger partial charge in [0.15, 0.2) is 0 Å². The largest absolute Gasteiger partial charge is 0.480 e. The number of amides is 1. The molecule has 1 aromatic carbocycles. The van der Waals surface area contributed by atoms with E-state index in [2.05, 4.69) is 5.32 Å². The SMILES string of the molecule is CC(C)[C@H](NC(=O)c1ccc2ccn(C)c2c1)C(=O)O. The zero-order valence-corrected chi connectivity index (χ0v) is 11.8. The summed E-state index contributed by atoms with van der Waals surface area (Å²) in [4.78, 5) is 23.3. The molecule has 0 saturated carbocycles. The number of rotatable bonds is 4. The summed E-state index contributed by atoms with van der Waals surface area (Å²) in [6.07, 6.45) is 1.92. The minimum absolute atomic E-state index is 0.171. The Bertz CT molecular complexity index is 658. The predicted octanol–water partition coefficient (Wildman–Crippen LogP) is 2.02. The summed E-state index contributed by atoms with van der Waals surface area (Å²) in [6, 6.07) is 6.41. The van der Waals surface area contributed by atoms with Crippen molar-refractivity contribution in [2.75, 3.05) is 0 Å². The van der Waals surface area contributed by atoms with Gasteiger partial charge in [-0.2, -0.15) is 0 Å². The van der Waals surface area contributed by atoms with E-state index in [9.17, 15) is 9.59 Å². The fourth-order valence-corrected chi connectivity index (χ4v) is 2.14. The van der Waals surface area contributed by atoms with Crippen LogP contribution >= 0.6 is 0 Å². The van der Waals surface area contributed by atoms with Crippen molar-refractivity contribution in [3.8, 4) is 0 Å². The second-order valence-corrected chi connectivity index (χ2v) is 5.23. The highest BCUT2D eigenvalue weighted by molar-refractivity contribution is 5.99. The maximum Gasteiger partial charge on any atom is 0.326 e. The second kappa shape index (κ2) is 5.36. The molecular formula is C15H18N2O3. The summed E-state index contributed by atoms with van der Waals surface area (Å²) in [5, 5.41) is 12.7. The summed E-state index contributed by atoms with van der Waals surface area (Å²) >= 11 is 0. The zero-order valence-electron chi connectivity index (χ0n) is 11.8. The van der Waals surface area contributed by atoms with Crippen molar-refractivity contribution < 1.29 is 14.7 Å². The molecule has 2 aromatic rings. The molecule has 5 nitrogen and oxygen atoms in total. The highest BCUT2D eigenvalue weighted by Gasteiger charge is 2.24. The van der Waals surface area contributed by atoms with E-state index in [-0.39, 0.29) is 11.8 Å². The van der Waals surface area contributed by atoms with Gasteiger partial charge in [-0.25, -0.2) is 4.79 Å². The molecule has 1 heterocycles. The Labute approximate surface area is 117 Å². The Hall–Kier alpha value is -2.30. The van der Waals surface area contributed by atoms with Crippen molar-refractivity contribution in [3.63, 3.8) is 0 Å². The topological polar surface area (TPSA) is 71.3 Å². The minimum atomic E-state index is -1.02. The number of aromatic nitrogens is 1. The van der Waals surface area contributed by atoms with Crippen LogP contribution in [-0.4, -0.2) is 27.6 Å². The first-order valence-electron chi connectivity index (χ1n) is 6.49. The molecule has 1 aromatic heterocycles. The van der Waals surface area contributed by atoms with Crippen LogP contribution in [0.2, 0.25) is 0 Å². The lowest BCUT2D eigenvalue weighted by Gasteiger charge is -2.17. The Morgan fingerprint density at radius 2 is 1.95 bits per heavy atom. The number of hydrogen-bond donors (Lipinski definition) is 2. The van der Waals surface area contributed by atoms with Crippen LogP contribution in [0.5, 0.6) is 0 Å². The maximum absolute atomic E-state index is 12.2. The number of nitrogens with one attached hydrogen (secondary N) is 1. The van der Waals surface area contributed by atoms with Crippen LogP contribution in [0.1, 0.15) is 24.2 Å². The van der Waals surface area contributed by atoms with E-state index >= 15 is 0 Å². The van der Waals surface area contributed by atoms with Gasteiger partial charge in [0.1, 0.15) is 6.04 Å². The first-order valence-corrected chi connectivity index (χ1v) is 6.49. The Balaban J connectivity index is 2.26. The molecule has 0 unspecified atom stereocenters. The minimum Gasteiger partial charge on any atom is -0.480 e. The fourth-order valence-electron chi connectivity index (χ4n) is 2.14. The van der Waals surface area contributed by atoms with Crippen LogP contribution < -0.4 is 5.32 Å². The van der Waals surface area contributed by atoms with E-state index in [1.165, 1.54) is 0 Å². The number of fused-ring (bicyclic) bond motifs is 1. The number of aryl methyl sites for hydroxylation is 1. The van der Waals surface area contributed by atoms with Crippen LogP contribution in [0.25, 0.3) is 10.9 Å². The molecule has 0 aliphatic heterocycles. The summed E-state index contributed by atoms with van der Waals surface area (Å²) in [5.74, 6) is -1.56. The molecule has 2 rings (SSSR count). The normalized spacial score (nSPS) is 12.6. The van der Waals surface area contributed by atoms with Gasteiger partial charge in [0.05, 0.1) is 0 Å². The summed E-state index contributed by atoms with van der Waals surface area (Å²) in [7, 11) is 1.90. The maximum atomic E-state index is 12.2. The number of carbonyl (C=O) groups excluding carboxylic acids is 1. The quantitative estimate of drug-likeness (QED) is 0.896. The van der Waals surface area contributed by atoms with E-state index in [1.54, 1.807) is 26.0 Å². The third kappa shape index (κ3) is 2.66. The fraction of sp³-hybridized carbons (Fsp3) is 0.333. The van der Waals surface area contributed by atoms with Crippen LogP contribution in [0.4, 0.5) is 0 Å². The van der Waals surface area contributed by atoms with E-state index in [4.69, 9.17) is 5.11 Å². The summed E-state index contributed by atoms with van der Waals surface area (Å²) < 4.78 is 1.92. The summed E-state index contributed by atoms with van der Waals surface area (Å²) in [6.45, 7) is 3.53. The highest BCUT2D eigenvalue weighted by Crippen LogP contribution is 2.17. The molecule has 1 atom stereocenters. The molecule has 0 bridgehead atoms. The summed E-state index contributed by atoms with van der Waals surface area (Å²) in [5.41, 5.74) is 1.40. The van der Waals surface area contributed by atoms with Crippen LogP contribution in [0.15, 0.2) is 30.5 Å². The highest BCUT2D eigenvalue weighted by atomic mass is 16.4. The number of carboxylic acids is 1. The van der Waals surface area contributed by atoms with Crippen LogP contribution in [-0.2, 0) is 11.8 Å². The molecule has 0 saturated heterocycles. The predicted molar refractivity (Wildman–Crippen MR) is 76.6 cm³/mol. The average Bonchev–Trinajstić information content (AvgIpc) is 2.76. The van der Waals surface area contributed by atoms with Crippen molar-refractivity contribution in [1.29, 1.82) is 0 Å². The number of aliphatic carboxylic acids is 1. The smallest absolute Gasteiger partial charge is 0.326 e. The van der Waals surface area contributed by atoms with E-state index in [0.29, 0.717) is 5.56 Å². The molecule has 5 heteroatoms. The van der Waals surface area contributed by atoms with Gasteiger partial charge in [-0.3, -0.25) is 4.79 Å². The van der Waals surface area contributed by atoms with Gasteiger partial charge in [-0.15, -0.1) is 0 Å². The van der Waals surface area contributed by atoms with Crippen molar-refractivity contribution in [1.82, 2.24) is 9.88 Å². The van der Waals surface area contributed by atoms with Crippen LogP contribution in [0, 0.1) is 5.92 Å². The van der Waals surface area contributed by atoms with Gasteiger partial charge in [-0.05, 0) is 29.5 Å². The molecule has 1 amide bonds. The molecule has 0 aliphatic rings. The molecule has 0 aliphatic carbocycles. The van der Waals surface area contributed by atoms with Crippen LogP contribution in [0.3, 0.4) is 0 Å². The molecular weight excluding hydrogens is 256 g/mol. The van der Waals surface area contributed by atoms with E-state index in [1.807, 2.05) is 29.9 Å². The molecule has 0 spiro atoms. The molecule has 0 radical (unpaired) electrons. The number of carbonyl (C=O) groups is 2. The van der Waals surface area contributed by atoms with Crippen molar-refractivity contribution in [2.24, 2.45) is 13.0 Å². The number of hydrogen-bond acceptors (Lipinski definition) is 2. The van der Waals surface area contributed by atoms with Gasteiger partial charge in [-0.1, -0.05) is 19.9 Å². The standard InChI is InChI=1S/C15H18N2O3/c1-9(2)13(15(19)20)16-14(18)11-5-4-10-6-7-17(3)12(10)8-11/h4-9,13H,1-3H3,(H,16,18)(H,19,20)/t13-/m0/s1. The number of nitrogens with zero attached hydrogens (tertiary/aromatic N) is 1. The second-order valence-electron chi connectivity index (χ2n) is 5.23. The van der Waals surface area contributed by atoms with Gasteiger partial charge in [0, 0.05) is 24.3 Å². The van der Waals surface area contributed by atoms with Gasteiger partial charge in [0.2, 0.25) is 0 Å². The van der Waals surface area contributed by atoms with Gasteiger partial charge >= 0.3 is 5.97 Å². The van der Waals surface area contributed by atoms with E-state index in [0.717, 1.165) is 10.9 Å². The Morgan fingerprint density at radius 3 is 2.55 bits per heavy atom. The first-order chi connectivity index (χ1) is 9.40. The Morgan fingerprint density at radius 1 is 1.25 bits per heavy atom. The third-order valence-corrected chi connectivity index (χ3v) is 3.37. The lowest BCUT2D eigenvalue weighted by atomic mass is 10.0. The molecule has 0 fully saturated rings. The third-order valence-electron chi connectivity index (χ3n) is 3.37. The first kappa shape index (κ1) is 14.1. The van der Waals surface area contributed by atoms with Crippen molar-refractivity contribution >= 4 is 22.8 Å². The van der Waals surface area contributed by atoms with Gasteiger partial charge < -0.3 is 15.0 Å². The lowest BCUT2D eigenvalue weighted by molar-refractivity contribution is -0.140. The molecule has 2 N–H and O–H groups in total. The monoisotopic (exact) mass is 274 g/mol. The molecule has 20 heavy (non-hydrogen) atoms. The average molecular weight is 274 g/mol. The van der Waals surface area contributed by atoms with Crippen molar-refractivity contribution in [2.45, 2.75) is 19.9 Å². The van der Waals surface area contributed by atoms with Crippen molar-refractivity contribution in [3.05, 3.63) is 36.0 Å². The number of carboxylic acid groups (broad SMARTS) is 1.